The van der Waals surface area contributed by atoms with Crippen LogP contribution in [0.15, 0.2) is 36.7 Å². The molecular weight excluding hydrogens is 250 g/mol. The van der Waals surface area contributed by atoms with Crippen LogP contribution < -0.4 is 5.32 Å². The zero-order chi connectivity index (χ0) is 14.2. The predicted molar refractivity (Wildman–Crippen MR) is 82.1 cm³/mol. The number of methoxy groups -OCH3 is 1. The number of ether oxygens (including phenoxy) is 1. The van der Waals surface area contributed by atoms with E-state index in [1.807, 2.05) is 12.4 Å². The maximum absolute atomic E-state index is 5.08. The third kappa shape index (κ3) is 4.38. The average Bonchev–Trinajstić information content (AvgIpc) is 2.87. The summed E-state index contributed by atoms with van der Waals surface area (Å²) in [7, 11) is 1.73. The van der Waals surface area contributed by atoms with Crippen LogP contribution in [0.25, 0.3) is 0 Å². The van der Waals surface area contributed by atoms with Gasteiger partial charge in [0.1, 0.15) is 0 Å². The van der Waals surface area contributed by atoms with Gasteiger partial charge in [0, 0.05) is 39.2 Å². The van der Waals surface area contributed by atoms with Gasteiger partial charge in [0.05, 0.1) is 0 Å². The Bertz CT molecular complexity index is 522. The lowest BCUT2D eigenvalue weighted by Crippen LogP contribution is -2.11. The summed E-state index contributed by atoms with van der Waals surface area (Å²) in [5.41, 5.74) is 2.67. The Morgan fingerprint density at radius 3 is 3.05 bits per heavy atom. The van der Waals surface area contributed by atoms with Crippen LogP contribution in [0.3, 0.4) is 0 Å². The number of nitrogens with zero attached hydrogens (tertiary/aromatic N) is 2. The third-order valence-electron chi connectivity index (χ3n) is 3.24. The molecule has 1 aromatic heterocycles. The number of benzene rings is 1. The van der Waals surface area contributed by atoms with Crippen molar-refractivity contribution < 1.29 is 4.74 Å². The van der Waals surface area contributed by atoms with Gasteiger partial charge in [-0.2, -0.15) is 0 Å². The highest BCUT2D eigenvalue weighted by molar-refractivity contribution is 5.28. The largest absolute Gasteiger partial charge is 0.385 e. The van der Waals surface area contributed by atoms with Crippen LogP contribution in [0.4, 0.5) is 5.95 Å². The summed E-state index contributed by atoms with van der Waals surface area (Å²) in [6.45, 7) is 4.73. The Balaban J connectivity index is 1.80. The van der Waals surface area contributed by atoms with Crippen molar-refractivity contribution in [1.82, 2.24) is 9.55 Å². The molecule has 2 aromatic rings. The normalized spacial score (nSPS) is 10.7. The molecule has 0 aliphatic heterocycles. The molecule has 0 radical (unpaired) electrons. The molecule has 1 heterocycles. The molecule has 2 rings (SSSR count). The molecule has 1 aromatic carbocycles. The maximum Gasteiger partial charge on any atom is 0.202 e. The molecule has 0 unspecified atom stereocenters. The van der Waals surface area contributed by atoms with E-state index in [1.54, 1.807) is 7.11 Å². The fourth-order valence-electron chi connectivity index (χ4n) is 2.22. The maximum atomic E-state index is 5.08. The minimum Gasteiger partial charge on any atom is -0.385 e. The van der Waals surface area contributed by atoms with Gasteiger partial charge in [-0.3, -0.25) is 0 Å². The van der Waals surface area contributed by atoms with Gasteiger partial charge >= 0.3 is 0 Å². The number of anilines is 1. The van der Waals surface area contributed by atoms with Crippen LogP contribution in [0.2, 0.25) is 0 Å². The highest BCUT2D eigenvalue weighted by Gasteiger charge is 2.02. The number of nitrogens with one attached hydrogen (secondary N) is 1. The molecule has 4 heteroatoms. The van der Waals surface area contributed by atoms with Gasteiger partial charge < -0.3 is 14.6 Å². The van der Waals surface area contributed by atoms with Crippen molar-refractivity contribution in [2.45, 2.75) is 26.3 Å². The first kappa shape index (κ1) is 14.6. The quantitative estimate of drug-likeness (QED) is 0.752. The van der Waals surface area contributed by atoms with Gasteiger partial charge in [-0.1, -0.05) is 29.8 Å². The molecule has 0 saturated heterocycles. The van der Waals surface area contributed by atoms with E-state index in [9.17, 15) is 0 Å². The molecule has 0 atom stereocenters. The van der Waals surface area contributed by atoms with Crippen LogP contribution in [-0.4, -0.2) is 29.8 Å². The van der Waals surface area contributed by atoms with Crippen LogP contribution in [0, 0.1) is 6.92 Å². The van der Waals surface area contributed by atoms with Crippen molar-refractivity contribution in [3.63, 3.8) is 0 Å². The summed E-state index contributed by atoms with van der Waals surface area (Å²) >= 11 is 0. The molecule has 0 amide bonds. The smallest absolute Gasteiger partial charge is 0.202 e. The molecule has 4 nitrogen and oxygen atoms in total. The topological polar surface area (TPSA) is 39.1 Å². The summed E-state index contributed by atoms with van der Waals surface area (Å²) < 4.78 is 7.21. The van der Waals surface area contributed by atoms with Gasteiger partial charge in [-0.25, -0.2) is 4.98 Å². The summed E-state index contributed by atoms with van der Waals surface area (Å²) in [6, 6.07) is 8.63. The fraction of sp³-hybridized carbons (Fsp3) is 0.438. The van der Waals surface area contributed by atoms with Crippen LogP contribution in [-0.2, 0) is 17.7 Å². The predicted octanol–water partition coefficient (Wildman–Crippen LogP) is 2.88. The minimum atomic E-state index is 0.779. The average molecular weight is 273 g/mol. The Labute approximate surface area is 120 Å². The zero-order valence-electron chi connectivity index (χ0n) is 12.3. The van der Waals surface area contributed by atoms with Gasteiger partial charge in [-0.15, -0.1) is 0 Å². The van der Waals surface area contributed by atoms with E-state index in [1.165, 1.54) is 11.1 Å². The molecule has 0 spiro atoms. The number of aromatic nitrogens is 2. The Morgan fingerprint density at radius 2 is 2.25 bits per heavy atom. The Kier molecular flexibility index (Phi) is 5.62. The molecule has 0 aliphatic rings. The second-order valence-electron chi connectivity index (χ2n) is 4.96. The molecule has 0 bridgehead atoms. The Morgan fingerprint density at radius 1 is 1.35 bits per heavy atom. The van der Waals surface area contributed by atoms with Crippen molar-refractivity contribution in [2.24, 2.45) is 0 Å². The molecule has 1 N–H and O–H groups in total. The van der Waals surface area contributed by atoms with E-state index in [-0.39, 0.29) is 0 Å². The zero-order valence-corrected chi connectivity index (χ0v) is 12.3. The van der Waals surface area contributed by atoms with Crippen molar-refractivity contribution >= 4 is 5.95 Å². The van der Waals surface area contributed by atoms with Crippen molar-refractivity contribution in [3.8, 4) is 0 Å². The molecule has 0 aliphatic carbocycles. The number of imidazole rings is 1. The van der Waals surface area contributed by atoms with Crippen molar-refractivity contribution in [2.75, 3.05) is 25.6 Å². The van der Waals surface area contributed by atoms with Crippen molar-refractivity contribution in [1.29, 1.82) is 0 Å². The molecule has 0 fully saturated rings. The minimum absolute atomic E-state index is 0.779. The van der Waals surface area contributed by atoms with Gasteiger partial charge in [0.15, 0.2) is 0 Å². The van der Waals surface area contributed by atoms with E-state index in [2.05, 4.69) is 46.1 Å². The lowest BCUT2D eigenvalue weighted by molar-refractivity contribution is 0.190. The lowest BCUT2D eigenvalue weighted by atomic mass is 10.1. The second-order valence-corrected chi connectivity index (χ2v) is 4.96. The molecular formula is C16H23N3O. The number of rotatable bonds is 8. The summed E-state index contributed by atoms with van der Waals surface area (Å²) in [5.74, 6) is 0.939. The monoisotopic (exact) mass is 273 g/mol. The van der Waals surface area contributed by atoms with Gasteiger partial charge in [0.2, 0.25) is 5.95 Å². The summed E-state index contributed by atoms with van der Waals surface area (Å²) in [4.78, 5) is 4.35. The fourth-order valence-corrected chi connectivity index (χ4v) is 2.22. The highest BCUT2D eigenvalue weighted by atomic mass is 16.5. The lowest BCUT2D eigenvalue weighted by Gasteiger charge is -2.10. The van der Waals surface area contributed by atoms with Crippen LogP contribution in [0.5, 0.6) is 0 Å². The van der Waals surface area contributed by atoms with E-state index >= 15 is 0 Å². The second kappa shape index (κ2) is 7.70. The number of hydrogen-bond acceptors (Lipinski definition) is 3. The van der Waals surface area contributed by atoms with Gasteiger partial charge in [-0.05, 0) is 25.3 Å². The van der Waals surface area contributed by atoms with Crippen LogP contribution in [0.1, 0.15) is 17.5 Å². The molecule has 20 heavy (non-hydrogen) atoms. The van der Waals surface area contributed by atoms with Gasteiger partial charge in [0.25, 0.3) is 0 Å². The van der Waals surface area contributed by atoms with E-state index < -0.39 is 0 Å². The van der Waals surface area contributed by atoms with E-state index in [4.69, 9.17) is 4.74 Å². The van der Waals surface area contributed by atoms with Crippen LogP contribution >= 0.6 is 0 Å². The third-order valence-corrected chi connectivity index (χ3v) is 3.24. The SMILES string of the molecule is COCCCn1ccnc1NCCc1cccc(C)c1. The summed E-state index contributed by atoms with van der Waals surface area (Å²) in [6.07, 6.45) is 5.85. The number of aryl methyl sites for hydroxylation is 2. The first-order chi connectivity index (χ1) is 9.79. The molecule has 0 saturated carbocycles. The first-order valence-electron chi connectivity index (χ1n) is 7.09. The molecule has 108 valence electrons. The highest BCUT2D eigenvalue weighted by Crippen LogP contribution is 2.08. The summed E-state index contributed by atoms with van der Waals surface area (Å²) in [5, 5.41) is 3.40. The Hall–Kier alpha value is -1.81. The van der Waals surface area contributed by atoms with E-state index in [0.717, 1.165) is 38.5 Å². The first-order valence-corrected chi connectivity index (χ1v) is 7.09. The number of hydrogen-bond donors (Lipinski definition) is 1. The van der Waals surface area contributed by atoms with Crippen molar-refractivity contribution in [3.05, 3.63) is 47.8 Å². The van der Waals surface area contributed by atoms with E-state index in [0.29, 0.717) is 0 Å². The standard InChI is InChI=1S/C16H23N3O/c1-14-5-3-6-15(13-14)7-8-17-16-18-9-11-19(16)10-4-12-20-2/h3,5-6,9,11,13H,4,7-8,10,12H2,1-2H3,(H,17,18).